The van der Waals surface area contributed by atoms with Gasteiger partial charge in [-0.15, -0.1) is 0 Å². The average molecular weight is 321 g/mol. The molecule has 0 fully saturated rings. The zero-order valence-electron chi connectivity index (χ0n) is 9.90. The van der Waals surface area contributed by atoms with Crippen LogP contribution in [0.5, 0.6) is 0 Å². The monoisotopic (exact) mass is 320 g/mol. The maximum atomic E-state index is 11.9. The molecule has 2 N–H and O–H groups in total. The maximum Gasteiger partial charge on any atom is 0.240 e. The first-order valence-electron chi connectivity index (χ1n) is 5.35. The molecule has 0 aliphatic rings. The Bertz CT molecular complexity index is 445. The Morgan fingerprint density at radius 2 is 1.82 bits per heavy atom. The Balaban J connectivity index is 2.66. The number of nitrogens with one attached hydrogen (secondary N) is 2. The molecule has 0 aromatic heterocycles. The molecule has 1 aromatic rings. The van der Waals surface area contributed by atoms with E-state index in [1.807, 2.05) is 14.0 Å². The number of hydrogen-bond donors (Lipinski definition) is 2. The largest absolute Gasteiger partial charge is 0.319 e. The van der Waals surface area contributed by atoms with Gasteiger partial charge in [0.15, 0.2) is 0 Å². The van der Waals surface area contributed by atoms with Crippen LogP contribution in [0.25, 0.3) is 0 Å². The van der Waals surface area contributed by atoms with E-state index in [9.17, 15) is 8.42 Å². The Morgan fingerprint density at radius 3 is 2.35 bits per heavy atom. The molecule has 1 unspecified atom stereocenters. The summed E-state index contributed by atoms with van der Waals surface area (Å²) >= 11 is 3.27. The molecule has 0 amide bonds. The van der Waals surface area contributed by atoms with E-state index in [-0.39, 0.29) is 10.8 Å². The van der Waals surface area contributed by atoms with Crippen LogP contribution < -0.4 is 10.0 Å². The van der Waals surface area contributed by atoms with Crippen LogP contribution in [-0.4, -0.2) is 28.6 Å². The number of rotatable bonds is 6. The van der Waals surface area contributed by atoms with Crippen molar-refractivity contribution >= 4 is 26.0 Å². The maximum absolute atomic E-state index is 11.9. The molecular formula is C11H17BrN2O2S. The molecule has 1 rings (SSSR count). The average Bonchev–Trinajstić information content (AvgIpc) is 2.28. The van der Waals surface area contributed by atoms with Gasteiger partial charge in [0.2, 0.25) is 10.0 Å². The highest BCUT2D eigenvalue weighted by molar-refractivity contribution is 9.10. The lowest BCUT2D eigenvalue weighted by Gasteiger charge is -2.12. The third kappa shape index (κ3) is 4.75. The van der Waals surface area contributed by atoms with E-state index in [0.29, 0.717) is 6.54 Å². The van der Waals surface area contributed by atoms with Crippen molar-refractivity contribution in [1.29, 1.82) is 0 Å². The molecule has 0 saturated heterocycles. The molecule has 1 atom stereocenters. The van der Waals surface area contributed by atoms with Gasteiger partial charge in [-0.25, -0.2) is 13.1 Å². The van der Waals surface area contributed by atoms with Gasteiger partial charge in [-0.3, -0.25) is 0 Å². The zero-order valence-corrected chi connectivity index (χ0v) is 12.3. The molecule has 0 saturated carbocycles. The summed E-state index contributed by atoms with van der Waals surface area (Å²) in [4.78, 5) is 0.289. The van der Waals surface area contributed by atoms with Crippen molar-refractivity contribution in [3.8, 4) is 0 Å². The van der Waals surface area contributed by atoms with Crippen LogP contribution >= 0.6 is 15.9 Å². The van der Waals surface area contributed by atoms with E-state index in [0.717, 1.165) is 11.0 Å². The van der Waals surface area contributed by atoms with E-state index in [1.165, 1.54) is 0 Å². The second-order valence-corrected chi connectivity index (χ2v) is 6.65. The quantitative estimate of drug-likeness (QED) is 0.836. The van der Waals surface area contributed by atoms with E-state index >= 15 is 0 Å². The van der Waals surface area contributed by atoms with Crippen molar-refractivity contribution in [2.24, 2.45) is 5.92 Å². The van der Waals surface area contributed by atoms with Crippen molar-refractivity contribution in [3.63, 3.8) is 0 Å². The highest BCUT2D eigenvalue weighted by atomic mass is 79.9. The fourth-order valence-electron chi connectivity index (χ4n) is 1.37. The van der Waals surface area contributed by atoms with Crippen LogP contribution in [0.15, 0.2) is 33.6 Å². The number of halogens is 1. The molecule has 0 aliphatic carbocycles. The molecule has 6 heteroatoms. The lowest BCUT2D eigenvalue weighted by atomic mass is 10.2. The first-order valence-corrected chi connectivity index (χ1v) is 7.63. The summed E-state index contributed by atoms with van der Waals surface area (Å²) in [6.07, 6.45) is 0. The predicted octanol–water partition coefficient (Wildman–Crippen LogP) is 1.58. The smallest absolute Gasteiger partial charge is 0.240 e. The Hall–Kier alpha value is -0.430. The number of hydrogen-bond acceptors (Lipinski definition) is 3. The van der Waals surface area contributed by atoms with Crippen molar-refractivity contribution in [2.45, 2.75) is 11.8 Å². The van der Waals surface area contributed by atoms with Crippen LogP contribution in [0.2, 0.25) is 0 Å². The van der Waals surface area contributed by atoms with Crippen LogP contribution in [0, 0.1) is 5.92 Å². The number of sulfonamides is 1. The first kappa shape index (κ1) is 14.6. The fourth-order valence-corrected chi connectivity index (χ4v) is 2.80. The third-order valence-electron chi connectivity index (χ3n) is 2.30. The normalized spacial score (nSPS) is 13.6. The van der Waals surface area contributed by atoms with Crippen LogP contribution in [-0.2, 0) is 10.0 Å². The molecule has 17 heavy (non-hydrogen) atoms. The summed E-state index contributed by atoms with van der Waals surface area (Å²) in [5.41, 5.74) is 0. The standard InChI is InChI=1S/C11H17BrN2O2S/c1-9(7-13-2)8-14-17(15,16)11-5-3-10(12)4-6-11/h3-6,9,13-14H,7-8H2,1-2H3. The SMILES string of the molecule is CNCC(C)CNS(=O)(=O)c1ccc(Br)cc1. The summed E-state index contributed by atoms with van der Waals surface area (Å²) in [5.74, 6) is 0.255. The minimum absolute atomic E-state index is 0.255. The van der Waals surface area contributed by atoms with Gasteiger partial charge in [-0.2, -0.15) is 0 Å². The van der Waals surface area contributed by atoms with Gasteiger partial charge < -0.3 is 5.32 Å². The van der Waals surface area contributed by atoms with Gasteiger partial charge in [-0.1, -0.05) is 22.9 Å². The van der Waals surface area contributed by atoms with Gasteiger partial charge in [0.1, 0.15) is 0 Å². The molecular weight excluding hydrogens is 304 g/mol. The van der Waals surface area contributed by atoms with Gasteiger partial charge in [0, 0.05) is 11.0 Å². The van der Waals surface area contributed by atoms with Crippen molar-refractivity contribution in [1.82, 2.24) is 10.0 Å². The van der Waals surface area contributed by atoms with E-state index in [4.69, 9.17) is 0 Å². The Kier molecular flexibility index (Phi) is 5.58. The van der Waals surface area contributed by atoms with E-state index in [1.54, 1.807) is 24.3 Å². The van der Waals surface area contributed by atoms with Gasteiger partial charge >= 0.3 is 0 Å². The minimum atomic E-state index is -3.39. The summed E-state index contributed by atoms with van der Waals surface area (Å²) in [6.45, 7) is 3.20. The summed E-state index contributed by atoms with van der Waals surface area (Å²) in [7, 11) is -1.54. The second kappa shape index (κ2) is 6.49. The van der Waals surface area contributed by atoms with Crippen molar-refractivity contribution in [2.75, 3.05) is 20.1 Å². The Labute approximate surface area is 111 Å². The van der Waals surface area contributed by atoms with Gasteiger partial charge in [0.25, 0.3) is 0 Å². The van der Waals surface area contributed by atoms with Gasteiger partial charge in [-0.05, 0) is 43.8 Å². The topological polar surface area (TPSA) is 58.2 Å². The highest BCUT2D eigenvalue weighted by Gasteiger charge is 2.14. The first-order chi connectivity index (χ1) is 7.95. The predicted molar refractivity (Wildman–Crippen MR) is 72.4 cm³/mol. The summed E-state index contributed by atoms with van der Waals surface area (Å²) in [6, 6.07) is 6.58. The molecule has 4 nitrogen and oxygen atoms in total. The zero-order chi connectivity index (χ0) is 12.9. The third-order valence-corrected chi connectivity index (χ3v) is 4.27. The van der Waals surface area contributed by atoms with Crippen LogP contribution in [0.1, 0.15) is 6.92 Å². The molecule has 0 aliphatic heterocycles. The second-order valence-electron chi connectivity index (χ2n) is 3.97. The van der Waals surface area contributed by atoms with E-state index in [2.05, 4.69) is 26.0 Å². The van der Waals surface area contributed by atoms with Crippen LogP contribution in [0.3, 0.4) is 0 Å². The lowest BCUT2D eigenvalue weighted by Crippen LogP contribution is -2.32. The lowest BCUT2D eigenvalue weighted by molar-refractivity contribution is 0.519. The molecule has 96 valence electrons. The van der Waals surface area contributed by atoms with Gasteiger partial charge in [0.05, 0.1) is 4.90 Å². The highest BCUT2D eigenvalue weighted by Crippen LogP contribution is 2.14. The molecule has 0 spiro atoms. The molecule has 0 radical (unpaired) electrons. The Morgan fingerprint density at radius 1 is 1.24 bits per heavy atom. The number of benzene rings is 1. The minimum Gasteiger partial charge on any atom is -0.319 e. The molecule has 1 aromatic carbocycles. The molecule has 0 heterocycles. The van der Waals surface area contributed by atoms with Crippen molar-refractivity contribution in [3.05, 3.63) is 28.7 Å². The summed E-state index contributed by atoms with van der Waals surface area (Å²) in [5, 5.41) is 3.01. The van der Waals surface area contributed by atoms with E-state index < -0.39 is 10.0 Å². The van der Waals surface area contributed by atoms with Crippen molar-refractivity contribution < 1.29 is 8.42 Å². The fraction of sp³-hybridized carbons (Fsp3) is 0.455. The molecule has 0 bridgehead atoms. The summed E-state index contributed by atoms with van der Waals surface area (Å²) < 4.78 is 27.3. The van der Waals surface area contributed by atoms with Crippen LogP contribution in [0.4, 0.5) is 0 Å².